The summed E-state index contributed by atoms with van der Waals surface area (Å²) < 4.78 is 5.63. The molecular weight excluding hydrogens is 186 g/mol. The Morgan fingerprint density at radius 2 is 2.13 bits per heavy atom. The molecule has 0 aromatic heterocycles. The fourth-order valence-electron chi connectivity index (χ4n) is 2.64. The van der Waals surface area contributed by atoms with Crippen LogP contribution in [0.15, 0.2) is 29.8 Å². The van der Waals surface area contributed by atoms with E-state index in [1.54, 1.807) is 0 Å². The van der Waals surface area contributed by atoms with Crippen molar-refractivity contribution >= 4 is 5.57 Å². The monoisotopic (exact) mass is 201 g/mol. The lowest BCUT2D eigenvalue weighted by Crippen LogP contribution is -2.44. The Hall–Kier alpha value is -1.12. The van der Waals surface area contributed by atoms with Crippen molar-refractivity contribution in [2.75, 3.05) is 6.61 Å². The average molecular weight is 201 g/mol. The highest BCUT2D eigenvalue weighted by molar-refractivity contribution is 5.78. The quantitative estimate of drug-likeness (QED) is 0.697. The highest BCUT2D eigenvalue weighted by atomic mass is 16.5. The Labute approximate surface area is 89.7 Å². The minimum atomic E-state index is -0.563. The largest absolute Gasteiger partial charge is 0.357 e. The van der Waals surface area contributed by atoms with Gasteiger partial charge in [0.2, 0.25) is 0 Å². The number of fused-ring (bicyclic) bond motifs is 2. The summed E-state index contributed by atoms with van der Waals surface area (Å²) >= 11 is 0. The normalized spacial score (nSPS) is 28.9. The third kappa shape index (κ3) is 1.25. The standard InChI is InChI=1S/C13H15NO/c1-13(14)12-8-9-4-2-3-5-10(9)11(12)6-7-15-13/h2-5H,6-8,14H2,1H3. The van der Waals surface area contributed by atoms with E-state index in [0.717, 1.165) is 19.4 Å². The highest BCUT2D eigenvalue weighted by Gasteiger charge is 2.36. The van der Waals surface area contributed by atoms with Crippen molar-refractivity contribution in [1.29, 1.82) is 0 Å². The van der Waals surface area contributed by atoms with Gasteiger partial charge in [-0.1, -0.05) is 24.3 Å². The second-order valence-corrected chi connectivity index (χ2v) is 4.50. The Bertz CT molecular complexity index is 446. The molecule has 0 saturated carbocycles. The number of nitrogens with two attached hydrogens (primary N) is 1. The van der Waals surface area contributed by atoms with Gasteiger partial charge in [-0.15, -0.1) is 0 Å². The van der Waals surface area contributed by atoms with Crippen LogP contribution >= 0.6 is 0 Å². The zero-order chi connectivity index (χ0) is 10.5. The van der Waals surface area contributed by atoms with Crippen LogP contribution in [-0.4, -0.2) is 12.3 Å². The third-order valence-corrected chi connectivity index (χ3v) is 3.43. The molecule has 2 N–H and O–H groups in total. The first-order valence-corrected chi connectivity index (χ1v) is 5.42. The lowest BCUT2D eigenvalue weighted by molar-refractivity contribution is -0.00369. The van der Waals surface area contributed by atoms with E-state index >= 15 is 0 Å². The van der Waals surface area contributed by atoms with Crippen molar-refractivity contribution in [1.82, 2.24) is 0 Å². The van der Waals surface area contributed by atoms with Crippen molar-refractivity contribution in [2.45, 2.75) is 25.5 Å². The van der Waals surface area contributed by atoms with Crippen LogP contribution in [0.4, 0.5) is 0 Å². The van der Waals surface area contributed by atoms with Crippen LogP contribution in [0.2, 0.25) is 0 Å². The molecule has 1 heterocycles. The van der Waals surface area contributed by atoms with Gasteiger partial charge in [0, 0.05) is 0 Å². The van der Waals surface area contributed by atoms with Crippen molar-refractivity contribution in [3.63, 3.8) is 0 Å². The second kappa shape index (κ2) is 2.94. The molecule has 0 spiro atoms. The molecule has 3 rings (SSSR count). The fourth-order valence-corrected chi connectivity index (χ4v) is 2.64. The fraction of sp³-hybridized carbons (Fsp3) is 0.385. The molecule has 1 unspecified atom stereocenters. The molecule has 1 aliphatic heterocycles. The number of rotatable bonds is 0. The summed E-state index contributed by atoms with van der Waals surface area (Å²) in [6, 6.07) is 8.56. The lowest BCUT2D eigenvalue weighted by atomic mass is 9.95. The molecule has 1 aromatic rings. The Morgan fingerprint density at radius 1 is 1.33 bits per heavy atom. The first-order valence-electron chi connectivity index (χ1n) is 5.42. The van der Waals surface area contributed by atoms with Crippen LogP contribution in [-0.2, 0) is 11.2 Å². The van der Waals surface area contributed by atoms with E-state index < -0.39 is 5.72 Å². The Balaban J connectivity index is 2.15. The predicted molar refractivity (Wildman–Crippen MR) is 60.2 cm³/mol. The molecule has 1 aliphatic carbocycles. The van der Waals surface area contributed by atoms with Gasteiger partial charge < -0.3 is 10.5 Å². The van der Waals surface area contributed by atoms with Gasteiger partial charge >= 0.3 is 0 Å². The molecule has 2 aliphatic rings. The van der Waals surface area contributed by atoms with E-state index in [9.17, 15) is 0 Å². The van der Waals surface area contributed by atoms with Crippen molar-refractivity contribution in [3.8, 4) is 0 Å². The maximum atomic E-state index is 6.16. The van der Waals surface area contributed by atoms with E-state index in [4.69, 9.17) is 10.5 Å². The van der Waals surface area contributed by atoms with E-state index in [2.05, 4.69) is 24.3 Å². The third-order valence-electron chi connectivity index (χ3n) is 3.43. The number of hydrogen-bond acceptors (Lipinski definition) is 2. The van der Waals surface area contributed by atoms with Crippen LogP contribution in [0.1, 0.15) is 24.5 Å². The average Bonchev–Trinajstić information content (AvgIpc) is 2.58. The van der Waals surface area contributed by atoms with Crippen LogP contribution in [0.5, 0.6) is 0 Å². The summed E-state index contributed by atoms with van der Waals surface area (Å²) in [6.07, 6.45) is 1.96. The van der Waals surface area contributed by atoms with Gasteiger partial charge in [0.05, 0.1) is 6.61 Å². The van der Waals surface area contributed by atoms with E-state index in [0.29, 0.717) is 0 Å². The summed E-state index contributed by atoms with van der Waals surface area (Å²) in [7, 11) is 0. The van der Waals surface area contributed by atoms with Crippen molar-refractivity contribution in [3.05, 3.63) is 41.0 Å². The first kappa shape index (κ1) is 9.13. The number of hydrogen-bond donors (Lipinski definition) is 1. The van der Waals surface area contributed by atoms with Crippen molar-refractivity contribution < 1.29 is 4.74 Å². The molecule has 78 valence electrons. The van der Waals surface area contributed by atoms with Gasteiger partial charge in [-0.3, -0.25) is 0 Å². The molecule has 0 amide bonds. The van der Waals surface area contributed by atoms with Gasteiger partial charge in [0.1, 0.15) is 5.72 Å². The summed E-state index contributed by atoms with van der Waals surface area (Å²) in [4.78, 5) is 0. The molecule has 0 bridgehead atoms. The van der Waals surface area contributed by atoms with Crippen LogP contribution in [0.3, 0.4) is 0 Å². The zero-order valence-corrected chi connectivity index (χ0v) is 8.92. The molecular formula is C13H15NO. The van der Waals surface area contributed by atoms with E-state index in [-0.39, 0.29) is 0 Å². The SMILES string of the molecule is CC1(N)OCCC2=C1Cc1ccccc12. The smallest absolute Gasteiger partial charge is 0.136 e. The molecule has 1 atom stereocenters. The summed E-state index contributed by atoms with van der Waals surface area (Å²) in [5.41, 5.74) is 11.1. The maximum absolute atomic E-state index is 6.16. The summed E-state index contributed by atoms with van der Waals surface area (Å²) in [6.45, 7) is 2.70. The number of ether oxygens (including phenoxy) is 1. The number of benzene rings is 1. The molecule has 1 aromatic carbocycles. The molecule has 0 fully saturated rings. The van der Waals surface area contributed by atoms with Gasteiger partial charge in [-0.25, -0.2) is 0 Å². The predicted octanol–water partition coefficient (Wildman–Crippen LogP) is 2.09. The molecule has 2 heteroatoms. The van der Waals surface area contributed by atoms with Gasteiger partial charge in [0.25, 0.3) is 0 Å². The van der Waals surface area contributed by atoms with Gasteiger partial charge in [-0.05, 0) is 42.0 Å². The molecule has 0 saturated heterocycles. The van der Waals surface area contributed by atoms with Gasteiger partial charge in [-0.2, -0.15) is 0 Å². The second-order valence-electron chi connectivity index (χ2n) is 4.50. The van der Waals surface area contributed by atoms with Crippen LogP contribution in [0, 0.1) is 0 Å². The molecule has 15 heavy (non-hydrogen) atoms. The summed E-state index contributed by atoms with van der Waals surface area (Å²) in [5, 5.41) is 0. The lowest BCUT2D eigenvalue weighted by Gasteiger charge is -2.32. The Morgan fingerprint density at radius 3 is 3.00 bits per heavy atom. The molecule has 0 radical (unpaired) electrons. The minimum absolute atomic E-state index is 0.563. The van der Waals surface area contributed by atoms with Crippen LogP contribution in [0.25, 0.3) is 5.57 Å². The topological polar surface area (TPSA) is 35.2 Å². The minimum Gasteiger partial charge on any atom is -0.357 e. The first-order chi connectivity index (χ1) is 7.18. The highest BCUT2D eigenvalue weighted by Crippen LogP contribution is 2.42. The van der Waals surface area contributed by atoms with Gasteiger partial charge in [0.15, 0.2) is 0 Å². The van der Waals surface area contributed by atoms with Crippen LogP contribution < -0.4 is 5.73 Å². The zero-order valence-electron chi connectivity index (χ0n) is 8.92. The molecule has 2 nitrogen and oxygen atoms in total. The Kier molecular flexibility index (Phi) is 1.79. The summed E-state index contributed by atoms with van der Waals surface area (Å²) in [5.74, 6) is 0. The van der Waals surface area contributed by atoms with E-state index in [1.165, 1.54) is 22.3 Å². The van der Waals surface area contributed by atoms with E-state index in [1.807, 2.05) is 6.92 Å². The van der Waals surface area contributed by atoms with Crippen molar-refractivity contribution in [2.24, 2.45) is 5.73 Å². The maximum Gasteiger partial charge on any atom is 0.136 e.